The minimum Gasteiger partial charge on any atom is -0.459 e. The van der Waals surface area contributed by atoms with E-state index in [1.54, 1.807) is 18.4 Å². The van der Waals surface area contributed by atoms with E-state index in [9.17, 15) is 4.79 Å². The third-order valence-electron chi connectivity index (χ3n) is 5.06. The molecule has 0 spiro atoms. The Kier molecular flexibility index (Phi) is 4.63. The molecule has 0 radical (unpaired) electrons. The zero-order chi connectivity index (χ0) is 17.1. The quantitative estimate of drug-likeness (QED) is 0.816. The van der Waals surface area contributed by atoms with Gasteiger partial charge in [0, 0.05) is 18.7 Å². The molecule has 25 heavy (non-hydrogen) atoms. The Bertz CT molecular complexity index is 719. The summed E-state index contributed by atoms with van der Waals surface area (Å²) in [5, 5.41) is 0. The van der Waals surface area contributed by atoms with E-state index in [4.69, 9.17) is 13.9 Å². The summed E-state index contributed by atoms with van der Waals surface area (Å²) >= 11 is 0. The number of amides is 1. The number of fused-ring (bicyclic) bond motifs is 1. The van der Waals surface area contributed by atoms with Gasteiger partial charge in [0.2, 0.25) is 6.79 Å². The Morgan fingerprint density at radius 2 is 1.96 bits per heavy atom. The number of carbonyl (C=O) groups is 1. The van der Waals surface area contributed by atoms with E-state index in [-0.39, 0.29) is 12.7 Å². The highest BCUT2D eigenvalue weighted by atomic mass is 16.7. The van der Waals surface area contributed by atoms with Crippen molar-refractivity contribution in [2.75, 3.05) is 13.3 Å². The highest BCUT2D eigenvalue weighted by Gasteiger charge is 2.26. The average molecular weight is 341 g/mol. The van der Waals surface area contributed by atoms with Crippen LogP contribution in [0.1, 0.15) is 48.2 Å². The van der Waals surface area contributed by atoms with Gasteiger partial charge < -0.3 is 18.8 Å². The van der Waals surface area contributed by atoms with E-state index in [1.807, 2.05) is 23.1 Å². The molecule has 1 aliphatic carbocycles. The molecule has 2 aromatic rings. The lowest BCUT2D eigenvalue weighted by Gasteiger charge is -2.29. The van der Waals surface area contributed by atoms with Crippen LogP contribution in [0.2, 0.25) is 0 Å². The lowest BCUT2D eigenvalue weighted by molar-refractivity contribution is 0.0665. The number of rotatable bonds is 5. The summed E-state index contributed by atoms with van der Waals surface area (Å²) in [7, 11) is 0. The molecule has 5 nitrogen and oxygen atoms in total. The molecule has 0 unspecified atom stereocenters. The van der Waals surface area contributed by atoms with E-state index < -0.39 is 0 Å². The van der Waals surface area contributed by atoms with Crippen molar-refractivity contribution in [2.24, 2.45) is 5.92 Å². The van der Waals surface area contributed by atoms with E-state index in [0.717, 1.165) is 23.6 Å². The summed E-state index contributed by atoms with van der Waals surface area (Å²) in [6, 6.07) is 9.32. The predicted octanol–water partition coefficient (Wildman–Crippen LogP) is 4.23. The number of ether oxygens (including phenoxy) is 2. The van der Waals surface area contributed by atoms with Crippen molar-refractivity contribution in [1.29, 1.82) is 0 Å². The number of benzene rings is 1. The van der Waals surface area contributed by atoms with Gasteiger partial charge in [-0.3, -0.25) is 4.79 Å². The lowest BCUT2D eigenvalue weighted by Crippen LogP contribution is -2.35. The van der Waals surface area contributed by atoms with Crippen LogP contribution in [0, 0.1) is 5.92 Å². The molecule has 4 rings (SSSR count). The third kappa shape index (κ3) is 3.50. The minimum atomic E-state index is -0.0629. The van der Waals surface area contributed by atoms with Gasteiger partial charge in [0.05, 0.1) is 6.26 Å². The molecule has 2 aliphatic rings. The number of para-hydroxylation sites is 1. The summed E-state index contributed by atoms with van der Waals surface area (Å²) in [5.41, 5.74) is 0.978. The van der Waals surface area contributed by atoms with Crippen LogP contribution in [0.4, 0.5) is 0 Å². The predicted molar refractivity (Wildman–Crippen MR) is 92.6 cm³/mol. The molecular formula is C20H23NO4. The molecule has 132 valence electrons. The van der Waals surface area contributed by atoms with Crippen LogP contribution in [0.15, 0.2) is 41.0 Å². The molecule has 1 amide bonds. The molecule has 5 heteroatoms. The maximum atomic E-state index is 12.9. The SMILES string of the molecule is O=C(c1ccco1)N(Cc1cccc2c1OCO2)CC1CCCCC1. The lowest BCUT2D eigenvalue weighted by atomic mass is 9.89. The highest BCUT2D eigenvalue weighted by molar-refractivity contribution is 5.91. The van der Waals surface area contributed by atoms with Gasteiger partial charge in [-0.1, -0.05) is 31.4 Å². The van der Waals surface area contributed by atoms with Gasteiger partial charge in [0.15, 0.2) is 17.3 Å². The Morgan fingerprint density at radius 3 is 2.76 bits per heavy atom. The van der Waals surface area contributed by atoms with Crippen molar-refractivity contribution >= 4 is 5.91 Å². The monoisotopic (exact) mass is 341 g/mol. The van der Waals surface area contributed by atoms with Crippen molar-refractivity contribution in [1.82, 2.24) is 4.90 Å². The van der Waals surface area contributed by atoms with Crippen LogP contribution >= 0.6 is 0 Å². The van der Waals surface area contributed by atoms with Gasteiger partial charge >= 0.3 is 0 Å². The number of furan rings is 1. The molecule has 1 fully saturated rings. The number of hydrogen-bond acceptors (Lipinski definition) is 4. The van der Waals surface area contributed by atoms with E-state index in [1.165, 1.54) is 32.1 Å². The molecule has 1 saturated carbocycles. The van der Waals surface area contributed by atoms with E-state index in [0.29, 0.717) is 18.2 Å². The van der Waals surface area contributed by atoms with Crippen LogP contribution in [0.25, 0.3) is 0 Å². The van der Waals surface area contributed by atoms with E-state index in [2.05, 4.69) is 0 Å². The zero-order valence-electron chi connectivity index (χ0n) is 14.3. The number of carbonyl (C=O) groups excluding carboxylic acids is 1. The van der Waals surface area contributed by atoms with Gasteiger partial charge in [-0.2, -0.15) is 0 Å². The topological polar surface area (TPSA) is 51.9 Å². The van der Waals surface area contributed by atoms with Crippen LogP contribution in [-0.4, -0.2) is 24.1 Å². The highest BCUT2D eigenvalue weighted by Crippen LogP contribution is 2.36. The van der Waals surface area contributed by atoms with Crippen LogP contribution in [0.3, 0.4) is 0 Å². The van der Waals surface area contributed by atoms with Gasteiger partial charge in [-0.15, -0.1) is 0 Å². The van der Waals surface area contributed by atoms with Crippen molar-refractivity contribution in [2.45, 2.75) is 38.6 Å². The fourth-order valence-electron chi connectivity index (χ4n) is 3.78. The minimum absolute atomic E-state index is 0.0629. The standard InChI is InChI=1S/C20H23NO4/c22-20(18-10-5-11-23-18)21(12-15-6-2-1-3-7-15)13-16-8-4-9-17-19(16)25-14-24-17/h4-5,8-11,15H,1-3,6-7,12-14H2. The largest absolute Gasteiger partial charge is 0.459 e. The summed E-state index contributed by atoms with van der Waals surface area (Å²) in [5.74, 6) is 2.39. The van der Waals surface area contributed by atoms with Gasteiger partial charge in [0.25, 0.3) is 5.91 Å². The fourth-order valence-corrected chi connectivity index (χ4v) is 3.78. The van der Waals surface area contributed by atoms with Crippen molar-refractivity contribution < 1.29 is 18.7 Å². The van der Waals surface area contributed by atoms with E-state index >= 15 is 0 Å². The summed E-state index contributed by atoms with van der Waals surface area (Å²) in [4.78, 5) is 14.8. The third-order valence-corrected chi connectivity index (χ3v) is 5.06. The maximum Gasteiger partial charge on any atom is 0.289 e. The second kappa shape index (κ2) is 7.21. The molecule has 0 bridgehead atoms. The van der Waals surface area contributed by atoms with Crippen molar-refractivity contribution in [3.63, 3.8) is 0 Å². The maximum absolute atomic E-state index is 12.9. The van der Waals surface area contributed by atoms with Gasteiger partial charge in [0.1, 0.15) is 0 Å². The molecule has 2 heterocycles. The molecule has 0 atom stereocenters. The second-order valence-electron chi connectivity index (χ2n) is 6.82. The zero-order valence-corrected chi connectivity index (χ0v) is 14.3. The average Bonchev–Trinajstić information content (AvgIpc) is 3.33. The molecular weight excluding hydrogens is 318 g/mol. The second-order valence-corrected chi connectivity index (χ2v) is 6.82. The summed E-state index contributed by atoms with van der Waals surface area (Å²) in [6.45, 7) is 1.49. The number of nitrogens with zero attached hydrogens (tertiary/aromatic N) is 1. The first-order valence-corrected chi connectivity index (χ1v) is 9.01. The van der Waals surface area contributed by atoms with Crippen LogP contribution in [0.5, 0.6) is 11.5 Å². The van der Waals surface area contributed by atoms with Crippen LogP contribution in [-0.2, 0) is 6.54 Å². The molecule has 1 aromatic heterocycles. The van der Waals surface area contributed by atoms with Crippen molar-refractivity contribution in [3.8, 4) is 11.5 Å². The molecule has 1 aliphatic heterocycles. The molecule has 0 saturated heterocycles. The number of hydrogen-bond donors (Lipinski definition) is 0. The summed E-state index contributed by atoms with van der Waals surface area (Å²) < 4.78 is 16.4. The smallest absolute Gasteiger partial charge is 0.289 e. The first-order chi connectivity index (χ1) is 12.3. The first-order valence-electron chi connectivity index (χ1n) is 9.01. The molecule has 1 aromatic carbocycles. The normalized spacial score (nSPS) is 16.8. The Labute approximate surface area is 147 Å². The van der Waals surface area contributed by atoms with Crippen LogP contribution < -0.4 is 9.47 Å². The Morgan fingerprint density at radius 1 is 1.08 bits per heavy atom. The Hall–Kier alpha value is -2.43. The Balaban J connectivity index is 1.56. The van der Waals surface area contributed by atoms with Gasteiger partial charge in [-0.05, 0) is 37.0 Å². The first kappa shape index (κ1) is 16.1. The summed E-state index contributed by atoms with van der Waals surface area (Å²) in [6.07, 6.45) is 7.74. The van der Waals surface area contributed by atoms with Gasteiger partial charge in [-0.25, -0.2) is 0 Å². The fraction of sp³-hybridized carbons (Fsp3) is 0.450. The molecule has 0 N–H and O–H groups in total. The van der Waals surface area contributed by atoms with Crippen molar-refractivity contribution in [3.05, 3.63) is 47.9 Å².